The maximum absolute atomic E-state index is 12.2. The van der Waals surface area contributed by atoms with E-state index in [0.717, 1.165) is 0 Å². The minimum Gasteiger partial charge on any atom is -0.493 e. The molecule has 0 amide bonds. The molecule has 0 saturated carbocycles. The van der Waals surface area contributed by atoms with Crippen LogP contribution in [0.4, 0.5) is 5.69 Å². The zero-order chi connectivity index (χ0) is 15.3. The summed E-state index contributed by atoms with van der Waals surface area (Å²) in [4.78, 5) is 0.161. The van der Waals surface area contributed by atoms with E-state index in [1.165, 1.54) is 12.1 Å². The summed E-state index contributed by atoms with van der Waals surface area (Å²) >= 11 is 9.09. The molecule has 0 atom stereocenters. The van der Waals surface area contributed by atoms with Crippen molar-refractivity contribution in [1.29, 1.82) is 0 Å². The number of rotatable bonds is 6. The van der Waals surface area contributed by atoms with Gasteiger partial charge in [-0.25, -0.2) is 8.42 Å². The van der Waals surface area contributed by atoms with Gasteiger partial charge in [-0.3, -0.25) is 4.72 Å². The standard InChI is InChI=1S/C14H13BrClNO3S/c15-8-9-20-13-4-6-14(7-5-13)21(18,19)17-12-3-1-2-11(16)10-12/h1-7,10,17H,8-9H2. The highest BCUT2D eigenvalue weighted by atomic mass is 79.9. The van der Waals surface area contributed by atoms with E-state index in [4.69, 9.17) is 16.3 Å². The van der Waals surface area contributed by atoms with Crippen molar-refractivity contribution in [1.82, 2.24) is 0 Å². The first-order valence-corrected chi connectivity index (χ1v) is 9.07. The second-order valence-electron chi connectivity index (χ2n) is 4.12. The molecule has 7 heteroatoms. The molecule has 0 fully saturated rings. The Kier molecular flexibility index (Phi) is 5.50. The van der Waals surface area contributed by atoms with Crippen molar-refractivity contribution < 1.29 is 13.2 Å². The third-order valence-corrected chi connectivity index (χ3v) is 4.51. The summed E-state index contributed by atoms with van der Waals surface area (Å²) in [6, 6.07) is 12.8. The highest BCUT2D eigenvalue weighted by Crippen LogP contribution is 2.21. The second-order valence-corrected chi connectivity index (χ2v) is 7.04. The Labute approximate surface area is 137 Å². The maximum atomic E-state index is 12.2. The molecule has 0 aromatic heterocycles. The molecule has 0 radical (unpaired) electrons. The molecule has 0 aliphatic carbocycles. The Morgan fingerprint density at radius 2 is 1.86 bits per heavy atom. The van der Waals surface area contributed by atoms with E-state index in [1.807, 2.05) is 0 Å². The molecule has 0 aliphatic rings. The molecule has 0 unspecified atom stereocenters. The van der Waals surface area contributed by atoms with Gasteiger partial charge >= 0.3 is 0 Å². The number of halogens is 2. The van der Waals surface area contributed by atoms with Crippen LogP contribution in [-0.2, 0) is 10.0 Å². The molecule has 21 heavy (non-hydrogen) atoms. The van der Waals surface area contributed by atoms with Crippen LogP contribution in [0.1, 0.15) is 0 Å². The Hall–Kier alpha value is -1.24. The molecule has 4 nitrogen and oxygen atoms in total. The van der Waals surface area contributed by atoms with E-state index in [-0.39, 0.29) is 4.90 Å². The fraction of sp³-hybridized carbons (Fsp3) is 0.143. The Bertz CT molecular complexity index is 704. The van der Waals surface area contributed by atoms with Crippen LogP contribution >= 0.6 is 27.5 Å². The predicted molar refractivity (Wildman–Crippen MR) is 88.0 cm³/mol. The molecular formula is C14H13BrClNO3S. The molecule has 0 aliphatic heterocycles. The highest BCUT2D eigenvalue weighted by molar-refractivity contribution is 9.09. The smallest absolute Gasteiger partial charge is 0.261 e. The van der Waals surface area contributed by atoms with Crippen LogP contribution in [0.5, 0.6) is 5.75 Å². The predicted octanol–water partition coefficient (Wildman–Crippen LogP) is 3.91. The maximum Gasteiger partial charge on any atom is 0.261 e. The number of anilines is 1. The van der Waals surface area contributed by atoms with Crippen molar-refractivity contribution in [2.45, 2.75) is 4.90 Å². The van der Waals surface area contributed by atoms with Crippen LogP contribution in [0.3, 0.4) is 0 Å². The highest BCUT2D eigenvalue weighted by Gasteiger charge is 2.14. The van der Waals surface area contributed by atoms with Crippen LogP contribution in [0, 0.1) is 0 Å². The summed E-state index contributed by atoms with van der Waals surface area (Å²) in [5.41, 5.74) is 0.419. The Morgan fingerprint density at radius 1 is 1.14 bits per heavy atom. The van der Waals surface area contributed by atoms with Gasteiger partial charge in [-0.1, -0.05) is 33.6 Å². The summed E-state index contributed by atoms with van der Waals surface area (Å²) in [5.74, 6) is 0.621. The number of sulfonamides is 1. The first-order chi connectivity index (χ1) is 10.0. The lowest BCUT2D eigenvalue weighted by molar-refractivity contribution is 0.345. The van der Waals surface area contributed by atoms with Gasteiger partial charge < -0.3 is 4.74 Å². The lowest BCUT2D eigenvalue weighted by Gasteiger charge is -2.09. The topological polar surface area (TPSA) is 55.4 Å². The van der Waals surface area contributed by atoms with E-state index < -0.39 is 10.0 Å². The van der Waals surface area contributed by atoms with Gasteiger partial charge in [0, 0.05) is 10.4 Å². The summed E-state index contributed by atoms with van der Waals surface area (Å²) in [6.45, 7) is 0.521. The number of ether oxygens (including phenoxy) is 1. The van der Waals surface area contributed by atoms with Crippen molar-refractivity contribution in [2.24, 2.45) is 0 Å². The van der Waals surface area contributed by atoms with Gasteiger partial charge in [0.2, 0.25) is 0 Å². The van der Waals surface area contributed by atoms with E-state index in [2.05, 4.69) is 20.7 Å². The van der Waals surface area contributed by atoms with E-state index in [0.29, 0.717) is 28.4 Å². The van der Waals surface area contributed by atoms with Crippen LogP contribution in [0.2, 0.25) is 5.02 Å². The van der Waals surface area contributed by atoms with Crippen molar-refractivity contribution >= 4 is 43.2 Å². The van der Waals surface area contributed by atoms with Crippen molar-refractivity contribution in [3.05, 3.63) is 53.6 Å². The van der Waals surface area contributed by atoms with Gasteiger partial charge in [-0.15, -0.1) is 0 Å². The fourth-order valence-electron chi connectivity index (χ4n) is 1.64. The zero-order valence-electron chi connectivity index (χ0n) is 10.9. The summed E-state index contributed by atoms with van der Waals surface area (Å²) in [5, 5.41) is 1.18. The van der Waals surface area contributed by atoms with Crippen LogP contribution in [0.25, 0.3) is 0 Å². The molecule has 2 rings (SSSR count). The largest absolute Gasteiger partial charge is 0.493 e. The average molecular weight is 391 g/mol. The summed E-state index contributed by atoms with van der Waals surface area (Å²) < 4.78 is 32.3. The van der Waals surface area contributed by atoms with Crippen LogP contribution in [0.15, 0.2) is 53.4 Å². The lowest BCUT2D eigenvalue weighted by atomic mass is 10.3. The number of hydrogen-bond acceptors (Lipinski definition) is 3. The molecule has 0 saturated heterocycles. The van der Waals surface area contributed by atoms with Crippen molar-refractivity contribution in [3.8, 4) is 5.75 Å². The SMILES string of the molecule is O=S(=O)(Nc1cccc(Cl)c1)c1ccc(OCCBr)cc1. The molecule has 2 aromatic rings. The number of benzene rings is 2. The lowest BCUT2D eigenvalue weighted by Crippen LogP contribution is -2.12. The van der Waals surface area contributed by atoms with E-state index in [9.17, 15) is 8.42 Å². The minimum atomic E-state index is -3.64. The zero-order valence-corrected chi connectivity index (χ0v) is 14.1. The monoisotopic (exact) mass is 389 g/mol. The van der Waals surface area contributed by atoms with Gasteiger partial charge in [0.05, 0.1) is 17.2 Å². The van der Waals surface area contributed by atoms with Crippen molar-refractivity contribution in [2.75, 3.05) is 16.7 Å². The van der Waals surface area contributed by atoms with Crippen LogP contribution < -0.4 is 9.46 Å². The molecule has 0 spiro atoms. The number of alkyl halides is 1. The minimum absolute atomic E-state index is 0.161. The summed E-state index contributed by atoms with van der Waals surface area (Å²) in [6.07, 6.45) is 0. The molecule has 2 aromatic carbocycles. The molecule has 1 N–H and O–H groups in total. The molecule has 0 heterocycles. The fourth-order valence-corrected chi connectivity index (χ4v) is 3.04. The third kappa shape index (κ3) is 4.62. The number of hydrogen-bond donors (Lipinski definition) is 1. The molecule has 112 valence electrons. The summed E-state index contributed by atoms with van der Waals surface area (Å²) in [7, 11) is -3.64. The van der Waals surface area contributed by atoms with Gasteiger partial charge in [0.15, 0.2) is 0 Å². The normalized spacial score (nSPS) is 11.1. The second kappa shape index (κ2) is 7.15. The van der Waals surface area contributed by atoms with Gasteiger partial charge in [-0.2, -0.15) is 0 Å². The molecule has 0 bridgehead atoms. The van der Waals surface area contributed by atoms with Crippen molar-refractivity contribution in [3.63, 3.8) is 0 Å². The van der Waals surface area contributed by atoms with Gasteiger partial charge in [0.25, 0.3) is 10.0 Å². The first-order valence-electron chi connectivity index (χ1n) is 6.08. The van der Waals surface area contributed by atoms with Gasteiger partial charge in [-0.05, 0) is 42.5 Å². The third-order valence-electron chi connectivity index (χ3n) is 2.56. The first kappa shape index (κ1) is 16.1. The van der Waals surface area contributed by atoms with E-state index in [1.54, 1.807) is 36.4 Å². The Balaban J connectivity index is 2.15. The average Bonchev–Trinajstić information content (AvgIpc) is 2.45. The number of nitrogens with one attached hydrogen (secondary N) is 1. The van der Waals surface area contributed by atoms with Gasteiger partial charge in [0.1, 0.15) is 5.75 Å². The van der Waals surface area contributed by atoms with Crippen LogP contribution in [-0.4, -0.2) is 20.4 Å². The quantitative estimate of drug-likeness (QED) is 0.761. The molecular weight excluding hydrogens is 378 g/mol. The van der Waals surface area contributed by atoms with E-state index >= 15 is 0 Å². The Morgan fingerprint density at radius 3 is 2.48 bits per heavy atom.